The van der Waals surface area contributed by atoms with E-state index in [1.807, 2.05) is 24.3 Å². The Bertz CT molecular complexity index is 928. The van der Waals surface area contributed by atoms with Crippen LogP contribution in [0.5, 0.6) is 0 Å². The summed E-state index contributed by atoms with van der Waals surface area (Å²) in [6, 6.07) is 10.5. The van der Waals surface area contributed by atoms with Crippen molar-refractivity contribution in [2.24, 2.45) is 0 Å². The molecule has 1 N–H and O–H groups in total. The Morgan fingerprint density at radius 2 is 1.81 bits per heavy atom. The minimum absolute atomic E-state index is 0.0756. The quantitative estimate of drug-likeness (QED) is 0.500. The Labute approximate surface area is 176 Å². The molecule has 0 radical (unpaired) electrons. The summed E-state index contributed by atoms with van der Waals surface area (Å²) in [5.41, 5.74) is 1.10. The number of hydrogen-bond acceptors (Lipinski definition) is 5. The number of tetrazole rings is 1. The number of amides is 1. The van der Waals surface area contributed by atoms with Crippen LogP contribution in [0.25, 0.3) is 5.69 Å². The van der Waals surface area contributed by atoms with Crippen LogP contribution < -0.4 is 5.32 Å². The lowest BCUT2D eigenvalue weighted by atomic mass is 10.3. The van der Waals surface area contributed by atoms with Gasteiger partial charge in [-0.3, -0.25) is 4.79 Å². The van der Waals surface area contributed by atoms with E-state index in [2.05, 4.69) is 36.8 Å². The number of halogens is 4. The van der Waals surface area contributed by atoms with Crippen molar-refractivity contribution in [3.63, 3.8) is 0 Å². The Morgan fingerprint density at radius 1 is 1.15 bits per heavy atom. The molecule has 134 valence electrons. The molecule has 11 heteroatoms. The highest BCUT2D eigenvalue weighted by Gasteiger charge is 2.14. The second-order valence-electron chi connectivity index (χ2n) is 4.93. The second kappa shape index (κ2) is 8.58. The number of carbonyl (C=O) groups is 1. The number of rotatable bonds is 5. The van der Waals surface area contributed by atoms with Gasteiger partial charge in [0.15, 0.2) is 0 Å². The smallest absolute Gasteiger partial charge is 0.234 e. The van der Waals surface area contributed by atoms with Crippen molar-refractivity contribution in [2.75, 3.05) is 11.1 Å². The molecule has 0 spiro atoms. The minimum Gasteiger partial charge on any atom is -0.323 e. The third-order valence-corrected chi connectivity index (χ3v) is 5.38. The number of nitrogens with zero attached hydrogens (tertiary/aromatic N) is 4. The van der Waals surface area contributed by atoms with E-state index in [1.165, 1.54) is 23.9 Å². The predicted molar refractivity (Wildman–Crippen MR) is 108 cm³/mol. The van der Waals surface area contributed by atoms with Crippen LogP contribution >= 0.6 is 62.5 Å². The zero-order valence-corrected chi connectivity index (χ0v) is 17.5. The summed E-state index contributed by atoms with van der Waals surface area (Å²) in [5.74, 6) is -0.224. The normalized spacial score (nSPS) is 10.8. The summed E-state index contributed by atoms with van der Waals surface area (Å²) in [4.78, 5) is 12.2. The van der Waals surface area contributed by atoms with Crippen molar-refractivity contribution in [3.8, 4) is 5.69 Å². The van der Waals surface area contributed by atoms with Crippen molar-refractivity contribution in [1.29, 1.82) is 0 Å². The second-order valence-corrected chi connectivity index (χ2v) is 8.04. The van der Waals surface area contributed by atoms with E-state index in [1.54, 1.807) is 4.68 Å². The summed E-state index contributed by atoms with van der Waals surface area (Å²) in [6.07, 6.45) is 0. The molecule has 0 saturated carbocycles. The van der Waals surface area contributed by atoms with Gasteiger partial charge >= 0.3 is 0 Å². The van der Waals surface area contributed by atoms with Gasteiger partial charge in [-0.05, 0) is 46.8 Å². The average Bonchev–Trinajstić information content (AvgIpc) is 3.05. The number of aromatic nitrogens is 4. The molecule has 0 aliphatic heterocycles. The fraction of sp³-hybridized carbons (Fsp3) is 0.0667. The monoisotopic (exact) mass is 491 g/mol. The molecule has 0 aliphatic rings. The highest BCUT2D eigenvalue weighted by Crippen LogP contribution is 2.33. The van der Waals surface area contributed by atoms with Crippen molar-refractivity contribution >= 4 is 74.1 Å². The van der Waals surface area contributed by atoms with Crippen LogP contribution in [0.2, 0.25) is 15.1 Å². The van der Waals surface area contributed by atoms with Gasteiger partial charge in [-0.1, -0.05) is 62.5 Å². The Hall–Kier alpha value is -1.32. The van der Waals surface area contributed by atoms with E-state index >= 15 is 0 Å². The maximum absolute atomic E-state index is 12.2. The third-order valence-electron chi connectivity index (χ3n) is 3.12. The Balaban J connectivity index is 1.68. The third kappa shape index (κ3) is 4.69. The van der Waals surface area contributed by atoms with Crippen molar-refractivity contribution in [2.45, 2.75) is 5.16 Å². The molecule has 0 bridgehead atoms. The van der Waals surface area contributed by atoms with Crippen LogP contribution in [0.1, 0.15) is 0 Å². The van der Waals surface area contributed by atoms with Crippen molar-refractivity contribution in [3.05, 3.63) is 55.9 Å². The van der Waals surface area contributed by atoms with Crippen LogP contribution in [0, 0.1) is 0 Å². The number of hydrogen-bond donors (Lipinski definition) is 1. The molecule has 3 aromatic rings. The molecule has 1 amide bonds. The first-order chi connectivity index (χ1) is 12.4. The van der Waals surface area contributed by atoms with Crippen LogP contribution in [0.4, 0.5) is 5.69 Å². The maximum Gasteiger partial charge on any atom is 0.234 e. The minimum atomic E-state index is -0.300. The summed E-state index contributed by atoms with van der Waals surface area (Å²) in [6.45, 7) is 0. The molecular weight excluding hydrogens is 485 g/mol. The predicted octanol–water partition coefficient (Wildman–Crippen LogP) is 5.12. The van der Waals surface area contributed by atoms with Gasteiger partial charge in [0.1, 0.15) is 0 Å². The standard InChI is InChI=1S/C15H9BrCl3N5OS/c16-8-1-3-10(4-2-8)24-15(21-22-23-24)26-7-13(25)20-14-11(18)5-9(17)6-12(14)19/h1-6H,7H2,(H,20,25). The fourth-order valence-electron chi connectivity index (χ4n) is 1.98. The number of benzene rings is 2. The van der Waals surface area contributed by atoms with Gasteiger partial charge in [0.05, 0.1) is 27.2 Å². The molecule has 3 rings (SSSR count). The van der Waals surface area contributed by atoms with E-state index in [0.717, 1.165) is 10.2 Å². The van der Waals surface area contributed by atoms with Gasteiger partial charge < -0.3 is 5.32 Å². The molecule has 0 atom stereocenters. The topological polar surface area (TPSA) is 72.7 Å². The molecular formula is C15H9BrCl3N5OS. The number of thioether (sulfide) groups is 1. The molecule has 0 saturated heterocycles. The van der Waals surface area contributed by atoms with Gasteiger partial charge in [-0.15, -0.1) is 5.10 Å². The van der Waals surface area contributed by atoms with Crippen molar-refractivity contribution in [1.82, 2.24) is 20.2 Å². The lowest BCUT2D eigenvalue weighted by molar-refractivity contribution is -0.113. The molecule has 6 nitrogen and oxygen atoms in total. The number of nitrogens with one attached hydrogen (secondary N) is 1. The van der Waals surface area contributed by atoms with E-state index < -0.39 is 0 Å². The summed E-state index contributed by atoms with van der Waals surface area (Å²) >= 11 is 22.6. The largest absolute Gasteiger partial charge is 0.323 e. The first-order valence-corrected chi connectivity index (χ1v) is 9.97. The number of carbonyl (C=O) groups excluding carboxylic acids is 1. The number of anilines is 1. The van der Waals surface area contributed by atoms with E-state index in [0.29, 0.717) is 15.9 Å². The molecule has 1 aromatic heterocycles. The lowest BCUT2D eigenvalue weighted by Crippen LogP contribution is -2.15. The first kappa shape index (κ1) is 19.4. The summed E-state index contributed by atoms with van der Waals surface area (Å²) in [7, 11) is 0. The summed E-state index contributed by atoms with van der Waals surface area (Å²) in [5, 5.41) is 15.6. The van der Waals surface area contributed by atoms with Crippen molar-refractivity contribution < 1.29 is 4.79 Å². The van der Waals surface area contributed by atoms with Crippen LogP contribution in [-0.4, -0.2) is 31.9 Å². The molecule has 0 fully saturated rings. The van der Waals surface area contributed by atoms with E-state index in [4.69, 9.17) is 34.8 Å². The molecule has 1 heterocycles. The molecule has 26 heavy (non-hydrogen) atoms. The van der Waals surface area contributed by atoms with Gasteiger partial charge in [-0.25, -0.2) is 0 Å². The van der Waals surface area contributed by atoms with Gasteiger partial charge in [0, 0.05) is 9.50 Å². The zero-order chi connectivity index (χ0) is 18.7. The fourth-order valence-corrected chi connectivity index (χ4v) is 3.85. The Kier molecular flexibility index (Phi) is 6.42. The van der Waals surface area contributed by atoms with Crippen LogP contribution in [-0.2, 0) is 4.79 Å². The highest BCUT2D eigenvalue weighted by atomic mass is 79.9. The molecule has 2 aromatic carbocycles. The highest BCUT2D eigenvalue weighted by molar-refractivity contribution is 9.10. The van der Waals surface area contributed by atoms with Gasteiger partial charge in [-0.2, -0.15) is 4.68 Å². The Morgan fingerprint density at radius 3 is 2.46 bits per heavy atom. The first-order valence-electron chi connectivity index (χ1n) is 7.05. The van der Waals surface area contributed by atoms with Gasteiger partial charge in [0.2, 0.25) is 11.1 Å². The summed E-state index contributed by atoms with van der Waals surface area (Å²) < 4.78 is 2.49. The van der Waals surface area contributed by atoms with Crippen LogP contribution in [0.15, 0.2) is 46.0 Å². The molecule has 0 aliphatic carbocycles. The van der Waals surface area contributed by atoms with Crippen LogP contribution in [0.3, 0.4) is 0 Å². The maximum atomic E-state index is 12.2. The lowest BCUT2D eigenvalue weighted by Gasteiger charge is -2.09. The van der Waals surface area contributed by atoms with E-state index in [9.17, 15) is 4.79 Å². The molecule has 0 unspecified atom stereocenters. The zero-order valence-electron chi connectivity index (χ0n) is 12.8. The SMILES string of the molecule is O=C(CSc1nnnn1-c1ccc(Br)cc1)Nc1c(Cl)cc(Cl)cc1Cl. The van der Waals surface area contributed by atoms with Gasteiger partial charge in [0.25, 0.3) is 0 Å². The average molecular weight is 494 g/mol. The van der Waals surface area contributed by atoms with E-state index in [-0.39, 0.29) is 21.7 Å².